The normalized spacial score (nSPS) is 13.6. The first-order chi connectivity index (χ1) is 9.90. The predicted molar refractivity (Wildman–Crippen MR) is 78.9 cm³/mol. The Labute approximate surface area is 122 Å². The number of carboxylic acid groups (broad SMARTS) is 1. The molecule has 0 saturated carbocycles. The predicted octanol–water partition coefficient (Wildman–Crippen LogP) is 1.33. The molecule has 0 aliphatic heterocycles. The van der Waals surface area contributed by atoms with E-state index in [1.807, 2.05) is 42.5 Å². The zero-order valence-electron chi connectivity index (χ0n) is 11.7. The van der Waals surface area contributed by atoms with E-state index in [0.717, 1.165) is 23.3 Å². The minimum atomic E-state index is -1.96. The summed E-state index contributed by atoms with van der Waals surface area (Å²) < 4.78 is 0. The topological polar surface area (TPSA) is 86.6 Å². The second-order valence-corrected chi connectivity index (χ2v) is 5.17. The van der Waals surface area contributed by atoms with Gasteiger partial charge >= 0.3 is 5.97 Å². The molecule has 2 rings (SSSR count). The van der Waals surface area contributed by atoms with Crippen molar-refractivity contribution in [3.8, 4) is 0 Å². The molecule has 0 radical (unpaired) electrons. The number of aliphatic hydroxyl groups is 1. The Hall–Kier alpha value is -2.40. The third kappa shape index (κ3) is 3.58. The van der Waals surface area contributed by atoms with Crippen molar-refractivity contribution in [3.05, 3.63) is 48.0 Å². The molecule has 0 aliphatic carbocycles. The average molecular weight is 287 g/mol. The zero-order chi connectivity index (χ0) is 15.5. The number of amides is 1. The van der Waals surface area contributed by atoms with Crippen molar-refractivity contribution in [3.63, 3.8) is 0 Å². The lowest BCUT2D eigenvalue weighted by atomic mass is 10.0. The Balaban J connectivity index is 2.07. The summed E-state index contributed by atoms with van der Waals surface area (Å²) in [5, 5.41) is 22.8. The van der Waals surface area contributed by atoms with Gasteiger partial charge in [-0.1, -0.05) is 42.5 Å². The average Bonchev–Trinajstić information content (AvgIpc) is 2.45. The first kappa shape index (κ1) is 15.0. The van der Waals surface area contributed by atoms with E-state index < -0.39 is 11.6 Å². The van der Waals surface area contributed by atoms with Crippen LogP contribution in [0.2, 0.25) is 0 Å². The lowest BCUT2D eigenvalue weighted by molar-refractivity contribution is -0.156. The molecule has 5 nitrogen and oxygen atoms in total. The first-order valence-electron chi connectivity index (χ1n) is 6.59. The van der Waals surface area contributed by atoms with Gasteiger partial charge in [0.05, 0.1) is 13.0 Å². The summed E-state index contributed by atoms with van der Waals surface area (Å²) in [5.74, 6) is -1.69. The summed E-state index contributed by atoms with van der Waals surface area (Å²) in [6, 6.07) is 13.4. The maximum absolute atomic E-state index is 11.9. The summed E-state index contributed by atoms with van der Waals surface area (Å²) in [4.78, 5) is 22.7. The highest BCUT2D eigenvalue weighted by Gasteiger charge is 2.30. The highest BCUT2D eigenvalue weighted by Crippen LogP contribution is 2.18. The van der Waals surface area contributed by atoms with Crippen molar-refractivity contribution in [1.82, 2.24) is 5.32 Å². The molecule has 0 spiro atoms. The molecule has 0 saturated heterocycles. The monoisotopic (exact) mass is 287 g/mol. The van der Waals surface area contributed by atoms with Gasteiger partial charge in [0.15, 0.2) is 5.60 Å². The molecule has 21 heavy (non-hydrogen) atoms. The SMILES string of the molecule is CC(O)(CNC(=O)Cc1cccc2ccccc12)C(=O)O. The molecule has 2 aromatic carbocycles. The number of nitrogens with one attached hydrogen (secondary N) is 1. The van der Waals surface area contributed by atoms with E-state index >= 15 is 0 Å². The van der Waals surface area contributed by atoms with Gasteiger partial charge in [-0.2, -0.15) is 0 Å². The van der Waals surface area contributed by atoms with Crippen LogP contribution in [0.5, 0.6) is 0 Å². The van der Waals surface area contributed by atoms with Crippen LogP contribution in [-0.4, -0.2) is 34.2 Å². The number of carbonyl (C=O) groups excluding carboxylic acids is 1. The summed E-state index contributed by atoms with van der Waals surface area (Å²) in [6.07, 6.45) is 0.136. The molecule has 0 fully saturated rings. The Bertz CT molecular complexity index is 674. The molecule has 0 heterocycles. The van der Waals surface area contributed by atoms with Gasteiger partial charge in [-0.15, -0.1) is 0 Å². The lowest BCUT2D eigenvalue weighted by Crippen LogP contribution is -2.46. The fraction of sp³-hybridized carbons (Fsp3) is 0.250. The van der Waals surface area contributed by atoms with Crippen LogP contribution in [0.15, 0.2) is 42.5 Å². The van der Waals surface area contributed by atoms with Crippen molar-refractivity contribution >= 4 is 22.6 Å². The Kier molecular flexibility index (Phi) is 4.23. The van der Waals surface area contributed by atoms with Crippen molar-refractivity contribution in [2.75, 3.05) is 6.54 Å². The van der Waals surface area contributed by atoms with Gasteiger partial charge in [0.2, 0.25) is 5.91 Å². The van der Waals surface area contributed by atoms with Crippen LogP contribution in [0.1, 0.15) is 12.5 Å². The Morgan fingerprint density at radius 1 is 1.14 bits per heavy atom. The van der Waals surface area contributed by atoms with E-state index in [2.05, 4.69) is 5.32 Å². The molecule has 5 heteroatoms. The number of carboxylic acids is 1. The van der Waals surface area contributed by atoms with Crippen LogP contribution >= 0.6 is 0 Å². The maximum Gasteiger partial charge on any atom is 0.337 e. The van der Waals surface area contributed by atoms with Crippen LogP contribution < -0.4 is 5.32 Å². The molecule has 1 amide bonds. The second-order valence-electron chi connectivity index (χ2n) is 5.17. The molecular formula is C16H17NO4. The van der Waals surface area contributed by atoms with Gasteiger partial charge in [-0.3, -0.25) is 4.79 Å². The van der Waals surface area contributed by atoms with E-state index in [-0.39, 0.29) is 18.9 Å². The van der Waals surface area contributed by atoms with Crippen molar-refractivity contribution in [1.29, 1.82) is 0 Å². The standard InChI is InChI=1S/C16H17NO4/c1-16(21,15(19)20)10-17-14(18)9-12-7-4-6-11-5-2-3-8-13(11)12/h2-8,21H,9-10H2,1H3,(H,17,18)(H,19,20). The van der Waals surface area contributed by atoms with E-state index in [0.29, 0.717) is 0 Å². The number of hydrogen-bond acceptors (Lipinski definition) is 3. The van der Waals surface area contributed by atoms with Crippen LogP contribution in [0, 0.1) is 0 Å². The molecule has 1 unspecified atom stereocenters. The van der Waals surface area contributed by atoms with Gasteiger partial charge in [0, 0.05) is 0 Å². The van der Waals surface area contributed by atoms with Gasteiger partial charge in [-0.05, 0) is 23.3 Å². The number of carbonyl (C=O) groups is 2. The largest absolute Gasteiger partial charge is 0.479 e. The number of hydrogen-bond donors (Lipinski definition) is 3. The van der Waals surface area contributed by atoms with Crippen LogP contribution in [0.3, 0.4) is 0 Å². The van der Waals surface area contributed by atoms with Crippen molar-refractivity contribution in [2.24, 2.45) is 0 Å². The fourth-order valence-electron chi connectivity index (χ4n) is 2.03. The van der Waals surface area contributed by atoms with Gasteiger partial charge < -0.3 is 15.5 Å². The fourth-order valence-corrected chi connectivity index (χ4v) is 2.03. The summed E-state index contributed by atoms with van der Waals surface area (Å²) in [7, 11) is 0. The van der Waals surface area contributed by atoms with Crippen LogP contribution in [-0.2, 0) is 16.0 Å². The minimum Gasteiger partial charge on any atom is -0.479 e. The third-order valence-electron chi connectivity index (χ3n) is 3.32. The van der Waals surface area contributed by atoms with E-state index in [1.165, 1.54) is 0 Å². The van der Waals surface area contributed by atoms with Crippen molar-refractivity contribution < 1.29 is 19.8 Å². The quantitative estimate of drug-likeness (QED) is 0.774. The summed E-state index contributed by atoms with van der Waals surface area (Å²) in [6.45, 7) is 0.819. The molecule has 0 aromatic heterocycles. The van der Waals surface area contributed by atoms with E-state index in [4.69, 9.17) is 5.11 Å². The smallest absolute Gasteiger partial charge is 0.337 e. The number of aliphatic carboxylic acids is 1. The minimum absolute atomic E-state index is 0.136. The lowest BCUT2D eigenvalue weighted by Gasteiger charge is -2.18. The summed E-state index contributed by atoms with van der Waals surface area (Å²) in [5.41, 5.74) is -1.10. The molecule has 1 atom stereocenters. The van der Waals surface area contributed by atoms with Gasteiger partial charge in [-0.25, -0.2) is 4.79 Å². The molecule has 3 N–H and O–H groups in total. The Morgan fingerprint density at radius 2 is 1.81 bits per heavy atom. The number of rotatable bonds is 5. The van der Waals surface area contributed by atoms with E-state index in [1.54, 1.807) is 0 Å². The van der Waals surface area contributed by atoms with E-state index in [9.17, 15) is 14.7 Å². The summed E-state index contributed by atoms with van der Waals surface area (Å²) >= 11 is 0. The zero-order valence-corrected chi connectivity index (χ0v) is 11.7. The second kappa shape index (κ2) is 5.93. The van der Waals surface area contributed by atoms with Crippen LogP contribution in [0.25, 0.3) is 10.8 Å². The highest BCUT2D eigenvalue weighted by atomic mass is 16.4. The third-order valence-corrected chi connectivity index (χ3v) is 3.32. The number of benzene rings is 2. The van der Waals surface area contributed by atoms with Crippen molar-refractivity contribution in [2.45, 2.75) is 18.9 Å². The first-order valence-corrected chi connectivity index (χ1v) is 6.59. The molecule has 2 aromatic rings. The van der Waals surface area contributed by atoms with Gasteiger partial charge in [0.25, 0.3) is 0 Å². The maximum atomic E-state index is 11.9. The molecule has 0 aliphatic rings. The number of fused-ring (bicyclic) bond motifs is 1. The van der Waals surface area contributed by atoms with Crippen LogP contribution in [0.4, 0.5) is 0 Å². The molecular weight excluding hydrogens is 270 g/mol. The van der Waals surface area contributed by atoms with Gasteiger partial charge in [0.1, 0.15) is 0 Å². The molecule has 110 valence electrons. The molecule has 0 bridgehead atoms. The Morgan fingerprint density at radius 3 is 2.52 bits per heavy atom. The highest BCUT2D eigenvalue weighted by molar-refractivity contribution is 5.90.